The summed E-state index contributed by atoms with van der Waals surface area (Å²) in [4.78, 5) is 8.36. The third kappa shape index (κ3) is 2.99. The summed E-state index contributed by atoms with van der Waals surface area (Å²) >= 11 is 0. The van der Waals surface area contributed by atoms with Crippen molar-refractivity contribution < 1.29 is 4.39 Å². The van der Waals surface area contributed by atoms with Gasteiger partial charge in [0.1, 0.15) is 17.0 Å². The average molecular weight is 404 g/mol. The van der Waals surface area contributed by atoms with Gasteiger partial charge in [0, 0.05) is 16.5 Å². The Morgan fingerprint density at radius 2 is 1.55 bits per heavy atom. The van der Waals surface area contributed by atoms with E-state index in [1.54, 1.807) is 12.1 Å². The predicted molar refractivity (Wildman–Crippen MR) is 122 cm³/mol. The fourth-order valence-corrected chi connectivity index (χ4v) is 4.02. The van der Waals surface area contributed by atoms with Crippen LogP contribution in [0.1, 0.15) is 0 Å². The summed E-state index contributed by atoms with van der Waals surface area (Å²) in [5.74, 6) is -0.242. The number of aromatic amines is 2. The molecule has 3 aromatic heterocycles. The zero-order valence-electron chi connectivity index (χ0n) is 16.4. The van der Waals surface area contributed by atoms with Crippen LogP contribution in [-0.4, -0.2) is 20.2 Å². The largest absolute Gasteiger partial charge is 0.353 e. The number of halogens is 1. The number of nitrogens with zero attached hydrogens (tertiary/aromatic N) is 2. The first-order chi connectivity index (χ1) is 15.3. The molecule has 5 heteroatoms. The van der Waals surface area contributed by atoms with Crippen LogP contribution in [0, 0.1) is 5.82 Å². The summed E-state index contributed by atoms with van der Waals surface area (Å²) in [6.07, 6.45) is 0. The Bertz CT molecular complexity index is 1530. The van der Waals surface area contributed by atoms with Crippen LogP contribution in [0.25, 0.3) is 55.7 Å². The molecule has 0 aliphatic rings. The predicted octanol–water partition coefficient (Wildman–Crippen LogP) is 6.58. The van der Waals surface area contributed by atoms with Crippen molar-refractivity contribution in [1.29, 1.82) is 0 Å². The number of hydrogen-bond donors (Lipinski definition) is 2. The molecular formula is C26H17FN4. The third-order valence-electron chi connectivity index (χ3n) is 5.55. The minimum atomic E-state index is -0.242. The molecule has 2 N–H and O–H groups in total. The topological polar surface area (TPSA) is 57.4 Å². The first-order valence-corrected chi connectivity index (χ1v) is 10.0. The van der Waals surface area contributed by atoms with Crippen molar-refractivity contribution in [2.45, 2.75) is 0 Å². The molecule has 3 heterocycles. The third-order valence-corrected chi connectivity index (χ3v) is 5.55. The van der Waals surface area contributed by atoms with Gasteiger partial charge in [-0.05, 0) is 47.5 Å². The smallest absolute Gasteiger partial charge is 0.135 e. The Morgan fingerprint density at radius 1 is 0.710 bits per heavy atom. The molecule has 0 atom stereocenters. The number of nitrogens with one attached hydrogen (secondary N) is 2. The van der Waals surface area contributed by atoms with Gasteiger partial charge in [0.25, 0.3) is 0 Å². The first kappa shape index (κ1) is 17.6. The second-order valence-corrected chi connectivity index (χ2v) is 7.49. The molecule has 0 aliphatic carbocycles. The van der Waals surface area contributed by atoms with Crippen LogP contribution < -0.4 is 0 Å². The minimum Gasteiger partial charge on any atom is -0.353 e. The van der Waals surface area contributed by atoms with Gasteiger partial charge in [-0.2, -0.15) is 5.10 Å². The fraction of sp³-hybridized carbons (Fsp3) is 0. The summed E-state index contributed by atoms with van der Waals surface area (Å²) in [5.41, 5.74) is 8.32. The molecule has 6 aromatic rings. The quantitative estimate of drug-likeness (QED) is 0.350. The molecule has 3 aromatic carbocycles. The molecule has 0 saturated heterocycles. The van der Waals surface area contributed by atoms with Gasteiger partial charge in [-0.3, -0.25) is 5.10 Å². The van der Waals surface area contributed by atoms with Gasteiger partial charge in [-0.1, -0.05) is 54.6 Å². The number of benzene rings is 3. The maximum absolute atomic E-state index is 13.4. The Labute approximate surface area is 177 Å². The van der Waals surface area contributed by atoms with Gasteiger partial charge >= 0.3 is 0 Å². The van der Waals surface area contributed by atoms with Gasteiger partial charge in [-0.25, -0.2) is 9.37 Å². The molecule has 0 fully saturated rings. The Hall–Kier alpha value is -4.25. The number of hydrogen-bond acceptors (Lipinski definition) is 2. The number of aromatic nitrogens is 4. The molecule has 4 nitrogen and oxygen atoms in total. The number of rotatable bonds is 3. The molecular weight excluding hydrogens is 387 g/mol. The lowest BCUT2D eigenvalue weighted by Gasteiger charge is -2.03. The molecule has 0 radical (unpaired) electrons. The van der Waals surface area contributed by atoms with Crippen molar-refractivity contribution >= 4 is 21.9 Å². The summed E-state index contributed by atoms with van der Waals surface area (Å²) in [5, 5.41) is 8.68. The number of H-pyrrole nitrogens is 2. The molecule has 31 heavy (non-hydrogen) atoms. The monoisotopic (exact) mass is 404 g/mol. The van der Waals surface area contributed by atoms with Crippen molar-refractivity contribution in [2.24, 2.45) is 0 Å². The fourth-order valence-electron chi connectivity index (χ4n) is 4.02. The molecule has 0 aliphatic heterocycles. The van der Waals surface area contributed by atoms with Gasteiger partial charge in [0.15, 0.2) is 0 Å². The van der Waals surface area contributed by atoms with E-state index in [4.69, 9.17) is 4.98 Å². The van der Waals surface area contributed by atoms with Crippen LogP contribution in [-0.2, 0) is 0 Å². The van der Waals surface area contributed by atoms with Crippen molar-refractivity contribution in [3.05, 3.63) is 96.8 Å². The summed E-state index contributed by atoms with van der Waals surface area (Å²) in [7, 11) is 0. The van der Waals surface area contributed by atoms with E-state index in [0.29, 0.717) is 0 Å². The molecule has 6 rings (SSSR count). The zero-order chi connectivity index (χ0) is 20.8. The normalized spacial score (nSPS) is 11.4. The lowest BCUT2D eigenvalue weighted by Crippen LogP contribution is -1.85. The second-order valence-electron chi connectivity index (χ2n) is 7.49. The highest BCUT2D eigenvalue weighted by molar-refractivity contribution is 6.00. The lowest BCUT2D eigenvalue weighted by atomic mass is 10.0. The van der Waals surface area contributed by atoms with Crippen molar-refractivity contribution in [2.75, 3.05) is 0 Å². The van der Waals surface area contributed by atoms with Crippen LogP contribution in [0.4, 0.5) is 4.39 Å². The van der Waals surface area contributed by atoms with Gasteiger partial charge in [0.05, 0.1) is 16.9 Å². The highest BCUT2D eigenvalue weighted by atomic mass is 19.1. The summed E-state index contributed by atoms with van der Waals surface area (Å²) < 4.78 is 13.4. The first-order valence-electron chi connectivity index (χ1n) is 10.0. The molecule has 148 valence electrons. The molecule has 0 unspecified atom stereocenters. The Kier molecular flexibility index (Phi) is 3.93. The molecule has 0 spiro atoms. The van der Waals surface area contributed by atoms with E-state index < -0.39 is 0 Å². The Balaban J connectivity index is 1.51. The minimum absolute atomic E-state index is 0.242. The zero-order valence-corrected chi connectivity index (χ0v) is 16.4. The van der Waals surface area contributed by atoms with E-state index in [9.17, 15) is 4.39 Å². The summed E-state index contributed by atoms with van der Waals surface area (Å²) in [6, 6.07) is 28.8. The van der Waals surface area contributed by atoms with Crippen LogP contribution in [0.15, 0.2) is 91.0 Å². The van der Waals surface area contributed by atoms with Crippen LogP contribution in [0.5, 0.6) is 0 Å². The average Bonchev–Trinajstić information content (AvgIpc) is 3.43. The highest BCUT2D eigenvalue weighted by Crippen LogP contribution is 2.34. The summed E-state index contributed by atoms with van der Waals surface area (Å²) in [6.45, 7) is 0. The lowest BCUT2D eigenvalue weighted by molar-refractivity contribution is 0.628. The molecule has 0 amide bonds. The van der Waals surface area contributed by atoms with Crippen LogP contribution in [0.2, 0.25) is 0 Å². The van der Waals surface area contributed by atoms with Gasteiger partial charge in [-0.15, -0.1) is 0 Å². The van der Waals surface area contributed by atoms with Crippen molar-refractivity contribution in [3.8, 4) is 33.8 Å². The van der Waals surface area contributed by atoms with Gasteiger partial charge < -0.3 is 4.98 Å². The highest BCUT2D eigenvalue weighted by Gasteiger charge is 2.15. The molecule has 0 saturated carbocycles. The van der Waals surface area contributed by atoms with Crippen LogP contribution >= 0.6 is 0 Å². The SMILES string of the molecule is Fc1ccc(-c2cccc3[nH]c(-c4n[nH]c5ccc(-c6ccccc6)nc45)cc23)cc1. The van der Waals surface area contributed by atoms with Crippen molar-refractivity contribution in [3.63, 3.8) is 0 Å². The van der Waals surface area contributed by atoms with Crippen LogP contribution in [0.3, 0.4) is 0 Å². The number of pyridine rings is 1. The van der Waals surface area contributed by atoms with E-state index in [1.807, 2.05) is 60.7 Å². The Morgan fingerprint density at radius 3 is 2.39 bits per heavy atom. The van der Waals surface area contributed by atoms with E-state index in [1.165, 1.54) is 12.1 Å². The van der Waals surface area contributed by atoms with E-state index in [-0.39, 0.29) is 5.82 Å². The van der Waals surface area contributed by atoms with E-state index >= 15 is 0 Å². The standard InChI is InChI=1S/C26H17FN4/c27-18-11-9-16(10-12-18)19-7-4-8-22-20(19)15-24(28-22)26-25-23(30-31-26)14-13-21(29-25)17-5-2-1-3-6-17/h1-15,28H,(H,30,31). The molecule has 0 bridgehead atoms. The van der Waals surface area contributed by atoms with E-state index in [0.717, 1.165) is 55.7 Å². The maximum Gasteiger partial charge on any atom is 0.135 e. The number of fused-ring (bicyclic) bond motifs is 2. The second kappa shape index (κ2) is 6.92. The maximum atomic E-state index is 13.4. The van der Waals surface area contributed by atoms with Crippen molar-refractivity contribution in [1.82, 2.24) is 20.2 Å². The van der Waals surface area contributed by atoms with Gasteiger partial charge in [0.2, 0.25) is 0 Å². The van der Waals surface area contributed by atoms with E-state index in [2.05, 4.69) is 21.2 Å².